The van der Waals surface area contributed by atoms with E-state index >= 15 is 0 Å². The van der Waals surface area contributed by atoms with Crippen LogP contribution in [0.25, 0.3) is 10.9 Å². The monoisotopic (exact) mass is 265 g/mol. The minimum atomic E-state index is -0.963. The first kappa shape index (κ1) is 11.4. The summed E-state index contributed by atoms with van der Waals surface area (Å²) >= 11 is 6.14. The fourth-order valence-corrected chi connectivity index (χ4v) is 2.11. The summed E-state index contributed by atoms with van der Waals surface area (Å²) in [4.78, 5) is 10.9. The smallest absolute Gasteiger partial charge is 0.335 e. The molecule has 4 nitrogen and oxygen atoms in total. The summed E-state index contributed by atoms with van der Waals surface area (Å²) in [6, 6.07) is 6.68. The number of carbonyl (C=O) groups is 1. The fraction of sp³-hybridized carbons (Fsp3) is 0.308. The van der Waals surface area contributed by atoms with Crippen molar-refractivity contribution in [1.82, 2.24) is 4.09 Å². The van der Waals surface area contributed by atoms with Crippen LogP contribution in [0.5, 0.6) is 5.88 Å². The minimum absolute atomic E-state index is 0.219. The Morgan fingerprint density at radius 1 is 1.44 bits per heavy atom. The van der Waals surface area contributed by atoms with Crippen LogP contribution in [0.15, 0.2) is 24.3 Å². The molecule has 94 valence electrons. The SMILES string of the molecule is O=C(O)c1ccc2cc(OCC3CC3)n(Cl)c2c1. The number of fused-ring (bicyclic) bond motifs is 1. The number of aromatic nitrogens is 1. The van der Waals surface area contributed by atoms with Crippen LogP contribution >= 0.6 is 11.8 Å². The van der Waals surface area contributed by atoms with Crippen molar-refractivity contribution in [1.29, 1.82) is 0 Å². The van der Waals surface area contributed by atoms with E-state index in [1.54, 1.807) is 18.2 Å². The van der Waals surface area contributed by atoms with E-state index in [1.807, 2.05) is 6.07 Å². The zero-order valence-corrected chi connectivity index (χ0v) is 10.4. The Hall–Kier alpha value is -1.68. The number of hydrogen-bond donors (Lipinski definition) is 1. The van der Waals surface area contributed by atoms with Crippen molar-refractivity contribution in [3.63, 3.8) is 0 Å². The summed E-state index contributed by atoms with van der Waals surface area (Å²) in [6.07, 6.45) is 2.43. The van der Waals surface area contributed by atoms with Crippen LogP contribution in [-0.2, 0) is 0 Å². The second kappa shape index (κ2) is 4.21. The van der Waals surface area contributed by atoms with E-state index in [1.165, 1.54) is 16.9 Å². The Morgan fingerprint density at radius 2 is 2.22 bits per heavy atom. The van der Waals surface area contributed by atoms with Crippen LogP contribution in [0.1, 0.15) is 23.2 Å². The number of benzene rings is 1. The highest BCUT2D eigenvalue weighted by Gasteiger charge is 2.23. The van der Waals surface area contributed by atoms with Gasteiger partial charge in [-0.15, -0.1) is 0 Å². The first-order valence-electron chi connectivity index (χ1n) is 5.83. The van der Waals surface area contributed by atoms with Crippen LogP contribution < -0.4 is 4.74 Å². The van der Waals surface area contributed by atoms with E-state index < -0.39 is 5.97 Å². The van der Waals surface area contributed by atoms with Crippen molar-refractivity contribution in [2.24, 2.45) is 5.92 Å². The third-order valence-corrected chi connectivity index (χ3v) is 3.47. The second-order valence-electron chi connectivity index (χ2n) is 4.60. The Morgan fingerprint density at radius 3 is 2.89 bits per heavy atom. The Bertz CT molecular complexity index is 616. The summed E-state index contributed by atoms with van der Waals surface area (Å²) in [5, 5.41) is 9.82. The van der Waals surface area contributed by atoms with Crippen LogP contribution in [0.3, 0.4) is 0 Å². The minimum Gasteiger partial charge on any atom is -0.478 e. The Labute approximate surface area is 109 Å². The highest BCUT2D eigenvalue weighted by Crippen LogP contribution is 2.32. The molecule has 0 spiro atoms. The average Bonchev–Trinajstić information content (AvgIpc) is 3.12. The molecule has 1 saturated carbocycles. The molecule has 18 heavy (non-hydrogen) atoms. The maximum atomic E-state index is 10.9. The molecule has 0 aliphatic heterocycles. The summed E-state index contributed by atoms with van der Waals surface area (Å²) in [5.41, 5.74) is 0.874. The highest BCUT2D eigenvalue weighted by atomic mass is 35.5. The zero-order chi connectivity index (χ0) is 12.7. The van der Waals surface area contributed by atoms with E-state index in [-0.39, 0.29) is 5.56 Å². The molecule has 0 unspecified atom stereocenters. The lowest BCUT2D eigenvalue weighted by Crippen LogP contribution is -2.01. The third-order valence-electron chi connectivity index (χ3n) is 3.13. The van der Waals surface area contributed by atoms with Gasteiger partial charge in [-0.1, -0.05) is 6.07 Å². The van der Waals surface area contributed by atoms with E-state index in [2.05, 4.69) is 0 Å². The standard InChI is InChI=1S/C13H12ClNO3/c14-15-11-5-10(13(16)17)4-3-9(11)6-12(15)18-7-8-1-2-8/h3-6,8H,1-2,7H2,(H,16,17). The van der Waals surface area contributed by atoms with Gasteiger partial charge in [0.05, 0.1) is 17.7 Å². The third kappa shape index (κ3) is 2.04. The van der Waals surface area contributed by atoms with Crippen molar-refractivity contribution < 1.29 is 14.6 Å². The number of nitrogens with zero attached hydrogens (tertiary/aromatic N) is 1. The van der Waals surface area contributed by atoms with Gasteiger partial charge in [-0.3, -0.25) is 0 Å². The van der Waals surface area contributed by atoms with E-state index in [4.69, 9.17) is 21.6 Å². The Kier molecular flexibility index (Phi) is 2.67. The van der Waals surface area contributed by atoms with Crippen LogP contribution in [0.4, 0.5) is 0 Å². The van der Waals surface area contributed by atoms with Gasteiger partial charge in [0.1, 0.15) is 0 Å². The van der Waals surface area contributed by atoms with Gasteiger partial charge in [0.15, 0.2) is 0 Å². The van der Waals surface area contributed by atoms with Crippen LogP contribution in [-0.4, -0.2) is 21.8 Å². The Balaban J connectivity index is 1.95. The van der Waals surface area contributed by atoms with Crippen molar-refractivity contribution in [3.05, 3.63) is 29.8 Å². The predicted octanol–water partition coefficient (Wildman–Crippen LogP) is 3.13. The number of rotatable bonds is 4. The van der Waals surface area contributed by atoms with E-state index in [0.717, 1.165) is 5.39 Å². The average molecular weight is 266 g/mol. The molecule has 2 aromatic rings. The molecule has 1 N–H and O–H groups in total. The topological polar surface area (TPSA) is 51.5 Å². The highest BCUT2D eigenvalue weighted by molar-refractivity contribution is 6.20. The lowest BCUT2D eigenvalue weighted by atomic mass is 10.2. The van der Waals surface area contributed by atoms with E-state index in [0.29, 0.717) is 23.9 Å². The molecule has 1 aliphatic carbocycles. The summed E-state index contributed by atoms with van der Waals surface area (Å²) in [6.45, 7) is 0.675. The number of carboxylic acids is 1. The van der Waals surface area contributed by atoms with Crippen molar-refractivity contribution >= 4 is 28.6 Å². The van der Waals surface area contributed by atoms with Gasteiger partial charge in [0.25, 0.3) is 0 Å². The van der Waals surface area contributed by atoms with Crippen LogP contribution in [0, 0.1) is 5.92 Å². The van der Waals surface area contributed by atoms with Gasteiger partial charge in [-0.2, -0.15) is 0 Å². The summed E-state index contributed by atoms with van der Waals surface area (Å²) in [5.74, 6) is 0.255. The molecular formula is C13H12ClNO3. The molecule has 5 heteroatoms. The van der Waals surface area contributed by atoms with Crippen LogP contribution in [0.2, 0.25) is 0 Å². The molecule has 0 saturated heterocycles. The van der Waals surface area contributed by atoms with Gasteiger partial charge in [0, 0.05) is 23.2 Å². The molecule has 1 aromatic carbocycles. The molecule has 1 aromatic heterocycles. The first-order chi connectivity index (χ1) is 8.65. The molecule has 0 bridgehead atoms. The van der Waals surface area contributed by atoms with Gasteiger partial charge in [0.2, 0.25) is 5.88 Å². The predicted molar refractivity (Wildman–Crippen MR) is 68.4 cm³/mol. The number of carboxylic acid groups (broad SMARTS) is 1. The molecule has 1 fully saturated rings. The summed E-state index contributed by atoms with van der Waals surface area (Å²) < 4.78 is 7.01. The quantitative estimate of drug-likeness (QED) is 0.924. The first-order valence-corrected chi connectivity index (χ1v) is 6.16. The molecule has 1 heterocycles. The lowest BCUT2D eigenvalue weighted by Gasteiger charge is -2.04. The van der Waals surface area contributed by atoms with Gasteiger partial charge >= 0.3 is 5.97 Å². The normalized spacial score (nSPS) is 14.9. The van der Waals surface area contributed by atoms with Crippen molar-refractivity contribution in [2.45, 2.75) is 12.8 Å². The zero-order valence-electron chi connectivity index (χ0n) is 9.60. The second-order valence-corrected chi connectivity index (χ2v) is 4.93. The van der Waals surface area contributed by atoms with Gasteiger partial charge in [-0.05, 0) is 30.9 Å². The maximum absolute atomic E-state index is 10.9. The molecular weight excluding hydrogens is 254 g/mol. The van der Waals surface area contributed by atoms with Crippen molar-refractivity contribution in [2.75, 3.05) is 6.61 Å². The lowest BCUT2D eigenvalue weighted by molar-refractivity contribution is 0.0697. The molecule has 0 amide bonds. The number of aromatic carboxylic acids is 1. The van der Waals surface area contributed by atoms with E-state index in [9.17, 15) is 4.79 Å². The molecule has 1 aliphatic rings. The molecule has 0 radical (unpaired) electrons. The molecule has 3 rings (SSSR count). The molecule has 0 atom stereocenters. The number of ether oxygens (including phenoxy) is 1. The summed E-state index contributed by atoms with van der Waals surface area (Å²) in [7, 11) is 0. The maximum Gasteiger partial charge on any atom is 0.335 e. The number of halogens is 1. The fourth-order valence-electron chi connectivity index (χ4n) is 1.86. The number of hydrogen-bond acceptors (Lipinski definition) is 2. The van der Waals surface area contributed by atoms with Crippen molar-refractivity contribution in [3.8, 4) is 5.88 Å². The van der Waals surface area contributed by atoms with Gasteiger partial charge < -0.3 is 9.84 Å². The van der Waals surface area contributed by atoms with Gasteiger partial charge in [-0.25, -0.2) is 8.88 Å². The largest absolute Gasteiger partial charge is 0.478 e.